The molecule has 0 saturated heterocycles. The number of halogens is 2. The van der Waals surface area contributed by atoms with Crippen molar-refractivity contribution in [1.82, 2.24) is 0 Å². The van der Waals surface area contributed by atoms with E-state index in [2.05, 4.69) is 20.9 Å². The van der Waals surface area contributed by atoms with Gasteiger partial charge in [0, 0.05) is 10.2 Å². The summed E-state index contributed by atoms with van der Waals surface area (Å²) in [6.07, 6.45) is 0. The van der Waals surface area contributed by atoms with Gasteiger partial charge in [0.25, 0.3) is 0 Å². The van der Waals surface area contributed by atoms with Crippen LogP contribution in [0.15, 0.2) is 58.0 Å². The summed E-state index contributed by atoms with van der Waals surface area (Å²) in [5.74, 6) is 0.188. The number of hydrogen-bond donors (Lipinski definition) is 1. The van der Waals surface area contributed by atoms with Crippen molar-refractivity contribution < 1.29 is 4.39 Å². The van der Waals surface area contributed by atoms with Gasteiger partial charge in [-0.05, 0) is 42.8 Å². The molecule has 0 aromatic heterocycles. The molecule has 21 heavy (non-hydrogen) atoms. The molecule has 108 valence electrons. The highest BCUT2D eigenvalue weighted by Gasteiger charge is 2.40. The van der Waals surface area contributed by atoms with Crippen LogP contribution in [0.25, 0.3) is 0 Å². The molecule has 1 aliphatic rings. The molecule has 0 radical (unpaired) electrons. The first-order chi connectivity index (χ1) is 10.0. The Bertz CT molecular complexity index is 716. The Morgan fingerprint density at radius 1 is 1.24 bits per heavy atom. The molecule has 5 heteroatoms. The molecule has 2 N–H and O–H groups in total. The van der Waals surface area contributed by atoms with Crippen molar-refractivity contribution in [3.05, 3.63) is 64.4 Å². The molecule has 0 amide bonds. The van der Waals surface area contributed by atoms with Crippen molar-refractivity contribution in [2.24, 2.45) is 10.7 Å². The van der Waals surface area contributed by atoms with Gasteiger partial charge in [0.15, 0.2) is 5.96 Å². The highest BCUT2D eigenvalue weighted by Crippen LogP contribution is 2.37. The third-order valence-electron chi connectivity index (χ3n) is 3.78. The predicted octanol–water partition coefficient (Wildman–Crippen LogP) is 3.64. The Kier molecular flexibility index (Phi) is 3.45. The van der Waals surface area contributed by atoms with Gasteiger partial charge in [-0.2, -0.15) is 0 Å². The second-order valence-corrected chi connectivity index (χ2v) is 6.19. The lowest BCUT2D eigenvalue weighted by Crippen LogP contribution is -2.47. The van der Waals surface area contributed by atoms with Crippen LogP contribution in [-0.2, 0) is 5.54 Å². The first-order valence-electron chi connectivity index (χ1n) is 6.62. The molecule has 3 rings (SSSR count). The van der Waals surface area contributed by atoms with Crippen LogP contribution < -0.4 is 10.6 Å². The number of aliphatic imine (C=N–C) groups is 1. The standard InChI is InChI=1S/C16H15BrFN3/c1-16(11-4-2-6-13(18)8-11)10-20-15(19)21(16)14-7-3-5-12(17)9-14/h2-9H,10H2,1H3,(H2,19,20). The Morgan fingerprint density at radius 3 is 2.71 bits per heavy atom. The Labute approximate surface area is 131 Å². The van der Waals surface area contributed by atoms with E-state index >= 15 is 0 Å². The van der Waals surface area contributed by atoms with Crippen molar-refractivity contribution >= 4 is 27.6 Å². The van der Waals surface area contributed by atoms with E-state index in [0.29, 0.717) is 12.5 Å². The Hall–Kier alpha value is -1.88. The minimum absolute atomic E-state index is 0.256. The van der Waals surface area contributed by atoms with Gasteiger partial charge in [-0.3, -0.25) is 4.99 Å². The molecule has 3 nitrogen and oxygen atoms in total. The zero-order chi connectivity index (χ0) is 15.0. The second-order valence-electron chi connectivity index (χ2n) is 5.27. The second kappa shape index (κ2) is 5.15. The van der Waals surface area contributed by atoms with E-state index < -0.39 is 5.54 Å². The molecule has 1 heterocycles. The fourth-order valence-corrected chi connectivity index (χ4v) is 3.09. The lowest BCUT2D eigenvalue weighted by atomic mass is 9.90. The fraction of sp³-hybridized carbons (Fsp3) is 0.188. The first kappa shape index (κ1) is 14.1. The molecule has 0 bridgehead atoms. The zero-order valence-corrected chi connectivity index (χ0v) is 13.1. The summed E-state index contributed by atoms with van der Waals surface area (Å²) >= 11 is 3.47. The normalized spacial score (nSPS) is 21.5. The topological polar surface area (TPSA) is 41.6 Å². The number of anilines is 1. The SMILES string of the molecule is CC1(c2cccc(F)c2)CN=C(N)N1c1cccc(Br)c1. The Balaban J connectivity index is 2.10. The summed E-state index contributed by atoms with van der Waals surface area (Å²) in [4.78, 5) is 6.32. The molecule has 1 aliphatic heterocycles. The molecule has 0 spiro atoms. The molecular weight excluding hydrogens is 333 g/mol. The lowest BCUT2D eigenvalue weighted by Gasteiger charge is -2.36. The molecule has 0 fully saturated rings. The summed E-state index contributed by atoms with van der Waals surface area (Å²) in [5.41, 5.74) is 7.37. The summed E-state index contributed by atoms with van der Waals surface area (Å²) in [6.45, 7) is 2.51. The van der Waals surface area contributed by atoms with E-state index in [4.69, 9.17) is 5.73 Å². The number of hydrogen-bond acceptors (Lipinski definition) is 3. The van der Waals surface area contributed by atoms with Gasteiger partial charge in [0.2, 0.25) is 0 Å². The number of nitrogens with two attached hydrogens (primary N) is 1. The van der Waals surface area contributed by atoms with Crippen molar-refractivity contribution in [2.75, 3.05) is 11.4 Å². The first-order valence-corrected chi connectivity index (χ1v) is 7.42. The summed E-state index contributed by atoms with van der Waals surface area (Å²) in [6, 6.07) is 14.4. The summed E-state index contributed by atoms with van der Waals surface area (Å²) in [5, 5.41) is 0. The van der Waals surface area contributed by atoms with Gasteiger partial charge < -0.3 is 10.6 Å². The third kappa shape index (κ3) is 2.42. The third-order valence-corrected chi connectivity index (χ3v) is 4.28. The lowest BCUT2D eigenvalue weighted by molar-refractivity contribution is 0.525. The maximum atomic E-state index is 13.6. The van der Waals surface area contributed by atoms with E-state index in [9.17, 15) is 4.39 Å². The van der Waals surface area contributed by atoms with Crippen molar-refractivity contribution in [1.29, 1.82) is 0 Å². The average Bonchev–Trinajstić information content (AvgIpc) is 2.76. The maximum Gasteiger partial charge on any atom is 0.196 e. The van der Waals surface area contributed by atoms with Crippen LogP contribution in [0.1, 0.15) is 12.5 Å². The maximum absolute atomic E-state index is 13.6. The van der Waals surface area contributed by atoms with Gasteiger partial charge in [0.05, 0.1) is 12.1 Å². The van der Waals surface area contributed by atoms with E-state index in [1.165, 1.54) is 6.07 Å². The van der Waals surface area contributed by atoms with E-state index in [1.807, 2.05) is 42.2 Å². The van der Waals surface area contributed by atoms with Crippen LogP contribution in [0.3, 0.4) is 0 Å². The molecular formula is C16H15BrFN3. The number of nitrogens with zero attached hydrogens (tertiary/aromatic N) is 2. The van der Waals surface area contributed by atoms with Crippen LogP contribution in [0.5, 0.6) is 0 Å². The highest BCUT2D eigenvalue weighted by molar-refractivity contribution is 9.10. The average molecular weight is 348 g/mol. The van der Waals surface area contributed by atoms with Crippen LogP contribution >= 0.6 is 15.9 Å². The zero-order valence-electron chi connectivity index (χ0n) is 11.6. The van der Waals surface area contributed by atoms with E-state index in [-0.39, 0.29) is 5.82 Å². The van der Waals surface area contributed by atoms with Gasteiger partial charge in [-0.15, -0.1) is 0 Å². The molecule has 0 saturated carbocycles. The molecule has 0 aliphatic carbocycles. The van der Waals surface area contributed by atoms with Crippen molar-refractivity contribution in [3.63, 3.8) is 0 Å². The van der Waals surface area contributed by atoms with E-state index in [0.717, 1.165) is 15.7 Å². The molecule has 1 atom stereocenters. The number of rotatable bonds is 2. The van der Waals surface area contributed by atoms with Gasteiger partial charge in [-0.1, -0.05) is 34.1 Å². The molecule has 2 aromatic carbocycles. The van der Waals surface area contributed by atoms with E-state index in [1.54, 1.807) is 12.1 Å². The number of guanidine groups is 1. The summed E-state index contributed by atoms with van der Waals surface area (Å²) < 4.78 is 14.5. The Morgan fingerprint density at radius 2 is 2.00 bits per heavy atom. The van der Waals surface area contributed by atoms with Crippen molar-refractivity contribution in [3.8, 4) is 0 Å². The van der Waals surface area contributed by atoms with Crippen LogP contribution in [0.2, 0.25) is 0 Å². The minimum Gasteiger partial charge on any atom is -0.369 e. The van der Waals surface area contributed by atoms with Gasteiger partial charge in [0.1, 0.15) is 5.82 Å². The molecule has 2 aromatic rings. The highest BCUT2D eigenvalue weighted by atomic mass is 79.9. The van der Waals surface area contributed by atoms with Gasteiger partial charge in [-0.25, -0.2) is 4.39 Å². The minimum atomic E-state index is -0.493. The van der Waals surface area contributed by atoms with Crippen LogP contribution in [0, 0.1) is 5.82 Å². The predicted molar refractivity (Wildman–Crippen MR) is 86.9 cm³/mol. The van der Waals surface area contributed by atoms with Crippen molar-refractivity contribution in [2.45, 2.75) is 12.5 Å². The summed E-state index contributed by atoms with van der Waals surface area (Å²) in [7, 11) is 0. The number of benzene rings is 2. The van der Waals surface area contributed by atoms with Crippen LogP contribution in [0.4, 0.5) is 10.1 Å². The van der Waals surface area contributed by atoms with Gasteiger partial charge >= 0.3 is 0 Å². The van der Waals surface area contributed by atoms with Crippen LogP contribution in [-0.4, -0.2) is 12.5 Å². The quantitative estimate of drug-likeness (QED) is 0.900. The smallest absolute Gasteiger partial charge is 0.196 e. The molecule has 1 unspecified atom stereocenters. The fourth-order valence-electron chi connectivity index (χ4n) is 2.71. The largest absolute Gasteiger partial charge is 0.369 e. The monoisotopic (exact) mass is 347 g/mol.